The van der Waals surface area contributed by atoms with E-state index in [1.165, 1.54) is 69.5 Å². The van der Waals surface area contributed by atoms with Crippen molar-refractivity contribution in [2.45, 2.75) is 206 Å². The maximum Gasteiger partial charge on any atom is 0.326 e. The molecule has 0 radical (unpaired) electrons. The van der Waals surface area contributed by atoms with E-state index in [-0.39, 0.29) is 145 Å². The SMILES string of the molecule is CCCCCCCCCCCCCCCC(=O)N[C@@H](CCC(=O)C[C@@H](CCC(=O)NCc1cn(CCOCCC(=O)CCC(=O)CCC(=O)CCC(=O)CCC(=O)NC)nn1)C(=O)O)C(=O)O. The Morgan fingerprint density at radius 3 is 1.61 bits per heavy atom. The maximum atomic E-state index is 12.7. The van der Waals surface area contributed by atoms with Gasteiger partial charge in [-0.1, -0.05) is 89.2 Å². The number of amides is 3. The van der Waals surface area contributed by atoms with Crippen LogP contribution in [0.4, 0.5) is 0 Å². The minimum atomic E-state index is -1.27. The van der Waals surface area contributed by atoms with E-state index in [0.29, 0.717) is 18.7 Å². The molecule has 2 atom stereocenters. The quantitative estimate of drug-likeness (QED) is 0.0489. The van der Waals surface area contributed by atoms with E-state index in [2.05, 4.69) is 33.2 Å². The van der Waals surface area contributed by atoms with Crippen molar-refractivity contribution in [2.75, 3.05) is 20.3 Å². The number of Topliss-reactive ketones (excluding diaryl/α,β-unsaturated/α-hetero) is 5. The predicted molar refractivity (Wildman–Crippen MR) is 247 cm³/mol. The van der Waals surface area contributed by atoms with Crippen molar-refractivity contribution in [3.05, 3.63) is 11.9 Å². The second-order valence-electron chi connectivity index (χ2n) is 17.2. The molecular formula is C48H78N6O13. The highest BCUT2D eigenvalue weighted by molar-refractivity contribution is 5.91. The lowest BCUT2D eigenvalue weighted by atomic mass is 9.94. The van der Waals surface area contributed by atoms with Gasteiger partial charge in [0.25, 0.3) is 0 Å². The summed E-state index contributed by atoms with van der Waals surface area (Å²) in [7, 11) is 1.48. The van der Waals surface area contributed by atoms with Crippen molar-refractivity contribution in [1.82, 2.24) is 30.9 Å². The number of unbranched alkanes of at least 4 members (excludes halogenated alkanes) is 12. The number of carboxylic acid groups (broad SMARTS) is 2. The van der Waals surface area contributed by atoms with Crippen LogP contribution in [0.25, 0.3) is 0 Å². The lowest BCUT2D eigenvalue weighted by Crippen LogP contribution is -2.41. The van der Waals surface area contributed by atoms with Gasteiger partial charge in [0.05, 0.1) is 38.4 Å². The Morgan fingerprint density at radius 1 is 0.567 bits per heavy atom. The lowest BCUT2D eigenvalue weighted by molar-refractivity contribution is -0.145. The Bertz CT molecular complexity index is 1700. The number of nitrogens with zero attached hydrogens (tertiary/aromatic N) is 3. The topological polar surface area (TPSA) is 287 Å². The number of carbonyl (C=O) groups excluding carboxylic acids is 8. The number of hydrogen-bond donors (Lipinski definition) is 5. The first kappa shape index (κ1) is 59.8. The molecule has 0 fully saturated rings. The van der Waals surface area contributed by atoms with Crippen LogP contribution in [0.1, 0.15) is 192 Å². The third-order valence-corrected chi connectivity index (χ3v) is 11.4. The minimum absolute atomic E-state index is 0.00324. The molecule has 1 rings (SSSR count). The summed E-state index contributed by atoms with van der Waals surface area (Å²) < 4.78 is 6.99. The molecule has 0 saturated heterocycles. The molecule has 1 heterocycles. The van der Waals surface area contributed by atoms with Gasteiger partial charge in [-0.2, -0.15) is 0 Å². The first-order chi connectivity index (χ1) is 32.1. The molecule has 0 aliphatic heterocycles. The summed E-state index contributed by atoms with van der Waals surface area (Å²) in [5.74, 6) is -6.08. The highest BCUT2D eigenvalue weighted by Gasteiger charge is 2.25. The zero-order valence-corrected chi connectivity index (χ0v) is 40.1. The van der Waals surface area contributed by atoms with Gasteiger partial charge >= 0.3 is 11.9 Å². The first-order valence-electron chi connectivity index (χ1n) is 24.4. The van der Waals surface area contributed by atoms with Crippen molar-refractivity contribution in [3.8, 4) is 0 Å². The second-order valence-corrected chi connectivity index (χ2v) is 17.2. The van der Waals surface area contributed by atoms with Crippen LogP contribution < -0.4 is 16.0 Å². The molecule has 19 nitrogen and oxygen atoms in total. The normalized spacial score (nSPS) is 11.9. The smallest absolute Gasteiger partial charge is 0.326 e. The fourth-order valence-corrected chi connectivity index (χ4v) is 7.09. The van der Waals surface area contributed by atoms with E-state index in [1.54, 1.807) is 6.20 Å². The summed E-state index contributed by atoms with van der Waals surface area (Å²) in [6.07, 6.45) is 16.1. The Balaban J connectivity index is 2.23. The van der Waals surface area contributed by atoms with E-state index in [9.17, 15) is 58.2 Å². The molecule has 19 heteroatoms. The molecule has 1 aromatic rings. The van der Waals surface area contributed by atoms with Crippen LogP contribution in [0.2, 0.25) is 0 Å². The van der Waals surface area contributed by atoms with Gasteiger partial charge < -0.3 is 30.9 Å². The Kier molecular flexibility index (Phi) is 33.8. The Labute approximate surface area is 395 Å². The van der Waals surface area contributed by atoms with Crippen LogP contribution in [0.15, 0.2) is 6.20 Å². The monoisotopic (exact) mass is 947 g/mol. The van der Waals surface area contributed by atoms with Crippen LogP contribution in [0.5, 0.6) is 0 Å². The second kappa shape index (κ2) is 37.8. The van der Waals surface area contributed by atoms with Crippen molar-refractivity contribution in [2.24, 2.45) is 5.92 Å². The van der Waals surface area contributed by atoms with Gasteiger partial charge in [-0.05, 0) is 19.3 Å². The fraction of sp³-hybridized carbons (Fsp3) is 0.750. The van der Waals surface area contributed by atoms with Crippen LogP contribution in [-0.2, 0) is 65.8 Å². The van der Waals surface area contributed by atoms with E-state index in [4.69, 9.17) is 4.74 Å². The van der Waals surface area contributed by atoms with Gasteiger partial charge in [-0.25, -0.2) is 9.48 Å². The van der Waals surface area contributed by atoms with E-state index < -0.39 is 41.5 Å². The van der Waals surface area contributed by atoms with Crippen LogP contribution in [0, 0.1) is 5.92 Å². The van der Waals surface area contributed by atoms with Gasteiger partial charge in [-0.3, -0.25) is 43.2 Å². The van der Waals surface area contributed by atoms with Crippen LogP contribution in [-0.4, -0.2) is 110 Å². The number of nitrogens with one attached hydrogen (secondary N) is 3. The molecule has 378 valence electrons. The summed E-state index contributed by atoms with van der Waals surface area (Å²) in [4.78, 5) is 121. The Morgan fingerprint density at radius 2 is 1.09 bits per heavy atom. The maximum absolute atomic E-state index is 12.7. The van der Waals surface area contributed by atoms with Crippen LogP contribution >= 0.6 is 0 Å². The molecule has 0 aliphatic rings. The molecule has 0 unspecified atom stereocenters. The zero-order valence-electron chi connectivity index (χ0n) is 40.1. The van der Waals surface area contributed by atoms with Crippen molar-refractivity contribution >= 4 is 58.6 Å². The number of carbonyl (C=O) groups is 10. The highest BCUT2D eigenvalue weighted by Crippen LogP contribution is 2.16. The molecule has 0 saturated carbocycles. The number of carboxylic acids is 2. The third kappa shape index (κ3) is 33.0. The van der Waals surface area contributed by atoms with Crippen molar-refractivity contribution < 1.29 is 62.9 Å². The highest BCUT2D eigenvalue weighted by atomic mass is 16.5. The van der Waals surface area contributed by atoms with Gasteiger partial charge in [0.2, 0.25) is 17.7 Å². The summed E-state index contributed by atoms with van der Waals surface area (Å²) in [5, 5.41) is 34.8. The largest absolute Gasteiger partial charge is 0.481 e. The zero-order chi connectivity index (χ0) is 49.7. The molecule has 0 spiro atoms. The summed E-state index contributed by atoms with van der Waals surface area (Å²) in [6.45, 7) is 2.86. The summed E-state index contributed by atoms with van der Waals surface area (Å²) >= 11 is 0. The number of hydrogen-bond acceptors (Lipinski definition) is 13. The van der Waals surface area contributed by atoms with Gasteiger partial charge in [0.15, 0.2) is 0 Å². The van der Waals surface area contributed by atoms with Crippen molar-refractivity contribution in [1.29, 1.82) is 0 Å². The third-order valence-electron chi connectivity index (χ3n) is 11.4. The number of rotatable bonds is 45. The standard InChI is InChI=1S/C48H78N6O13/c1-3-4-5-6-7-8-9-10-11-12-13-14-15-16-46(62)51-43(48(65)66)26-24-42(59)33-36(47(63)64)17-27-45(61)50-34-37-35-54(53-52-37)30-32-67-31-29-41(58)23-22-39(56)19-18-38(55)20-21-40(57)25-28-44(60)49-2/h35-36,43H,3-34H2,1-2H3,(H,49,60)(H,50,61)(H,51,62)(H,63,64)(H,65,66)/t36-,43+/m1/s1. The Hall–Kier alpha value is -5.20. The van der Waals surface area contributed by atoms with E-state index in [0.717, 1.165) is 19.3 Å². The van der Waals surface area contributed by atoms with Crippen LogP contribution in [0.3, 0.4) is 0 Å². The summed E-state index contributed by atoms with van der Waals surface area (Å²) in [5.41, 5.74) is 0.427. The number of ketones is 5. The first-order valence-corrected chi connectivity index (χ1v) is 24.4. The van der Waals surface area contributed by atoms with Gasteiger partial charge in [0, 0.05) is 90.5 Å². The van der Waals surface area contributed by atoms with E-state index >= 15 is 0 Å². The molecule has 0 aliphatic carbocycles. The summed E-state index contributed by atoms with van der Waals surface area (Å²) in [6, 6.07) is -1.27. The molecule has 0 aromatic carbocycles. The predicted octanol–water partition coefficient (Wildman–Crippen LogP) is 5.72. The fourth-order valence-electron chi connectivity index (χ4n) is 7.09. The minimum Gasteiger partial charge on any atom is -0.481 e. The average molecular weight is 947 g/mol. The van der Waals surface area contributed by atoms with Gasteiger partial charge in [0.1, 0.15) is 40.7 Å². The van der Waals surface area contributed by atoms with Crippen molar-refractivity contribution in [3.63, 3.8) is 0 Å². The van der Waals surface area contributed by atoms with E-state index in [1.807, 2.05) is 0 Å². The average Bonchev–Trinajstić information content (AvgIpc) is 3.76. The molecule has 1 aromatic heterocycles. The molecular weight excluding hydrogens is 869 g/mol. The molecule has 67 heavy (non-hydrogen) atoms. The lowest BCUT2D eigenvalue weighted by Gasteiger charge is -2.15. The molecule has 5 N–H and O–H groups in total. The molecule has 3 amide bonds. The number of ether oxygens (including phenoxy) is 1. The number of aliphatic carboxylic acids is 2. The number of aromatic nitrogens is 3. The molecule has 0 bridgehead atoms. The van der Waals surface area contributed by atoms with Gasteiger partial charge in [-0.15, -0.1) is 5.10 Å².